The van der Waals surface area contributed by atoms with Crippen LogP contribution in [0.1, 0.15) is 11.1 Å². The first kappa shape index (κ1) is 13.6. The van der Waals surface area contributed by atoms with Crippen LogP contribution in [0.2, 0.25) is 0 Å². The predicted octanol–water partition coefficient (Wildman–Crippen LogP) is 4.31. The van der Waals surface area contributed by atoms with E-state index < -0.39 is 0 Å². The molecule has 0 N–H and O–H groups in total. The summed E-state index contributed by atoms with van der Waals surface area (Å²) in [5, 5.41) is 14.4. The Kier molecular flexibility index (Phi) is 3.85. The molecular weight excluding hydrogens is 326 g/mol. The maximum atomic E-state index is 9.32. The Hall–Kier alpha value is -2.38. The highest BCUT2D eigenvalue weighted by molar-refractivity contribution is 9.08. The molecule has 0 unspecified atom stereocenters. The van der Waals surface area contributed by atoms with E-state index in [1.54, 1.807) is 4.68 Å². The third-order valence-corrected chi connectivity index (χ3v) is 3.92. The molecule has 0 atom stereocenters. The molecule has 102 valence electrons. The van der Waals surface area contributed by atoms with Crippen LogP contribution in [0.15, 0.2) is 60.9 Å². The second-order valence-electron chi connectivity index (χ2n) is 4.64. The van der Waals surface area contributed by atoms with Crippen LogP contribution in [-0.4, -0.2) is 9.78 Å². The molecule has 1 aromatic heterocycles. The van der Waals surface area contributed by atoms with Gasteiger partial charge in [0.2, 0.25) is 0 Å². The van der Waals surface area contributed by atoms with Crippen LogP contribution in [-0.2, 0) is 5.33 Å². The first-order valence-corrected chi connectivity index (χ1v) is 7.63. The molecule has 0 saturated heterocycles. The number of benzene rings is 2. The van der Waals surface area contributed by atoms with Gasteiger partial charge in [-0.3, -0.25) is 0 Å². The molecule has 3 rings (SSSR count). The van der Waals surface area contributed by atoms with E-state index in [-0.39, 0.29) is 0 Å². The number of nitrogens with zero attached hydrogens (tertiary/aromatic N) is 3. The quantitative estimate of drug-likeness (QED) is 0.668. The Morgan fingerprint density at radius 3 is 2.62 bits per heavy atom. The second-order valence-corrected chi connectivity index (χ2v) is 5.20. The van der Waals surface area contributed by atoms with Crippen LogP contribution in [0, 0.1) is 11.3 Å². The number of nitriles is 1. The highest BCUT2D eigenvalue weighted by Crippen LogP contribution is 2.22. The number of rotatable bonds is 3. The van der Waals surface area contributed by atoms with Gasteiger partial charge in [-0.15, -0.1) is 0 Å². The summed E-state index contributed by atoms with van der Waals surface area (Å²) in [7, 11) is 0. The van der Waals surface area contributed by atoms with Gasteiger partial charge in [0.05, 0.1) is 17.4 Å². The Morgan fingerprint density at radius 2 is 1.90 bits per heavy atom. The average molecular weight is 338 g/mol. The van der Waals surface area contributed by atoms with Crippen molar-refractivity contribution >= 4 is 15.9 Å². The summed E-state index contributed by atoms with van der Waals surface area (Å²) >= 11 is 3.40. The molecule has 0 fully saturated rings. The Balaban J connectivity index is 2.03. The van der Waals surface area contributed by atoms with Crippen LogP contribution in [0.3, 0.4) is 0 Å². The molecule has 3 nitrogen and oxygen atoms in total. The molecule has 3 aromatic rings. The lowest BCUT2D eigenvalue weighted by atomic mass is 10.1. The maximum absolute atomic E-state index is 9.32. The third-order valence-electron chi connectivity index (χ3n) is 3.27. The lowest BCUT2D eigenvalue weighted by Crippen LogP contribution is -1.98. The molecule has 1 heterocycles. The molecule has 0 saturated carbocycles. The van der Waals surface area contributed by atoms with Crippen molar-refractivity contribution in [3.05, 3.63) is 72.1 Å². The molecule has 2 aromatic carbocycles. The number of hydrogen-bond acceptors (Lipinski definition) is 2. The van der Waals surface area contributed by atoms with Gasteiger partial charge in [0.25, 0.3) is 0 Å². The second kappa shape index (κ2) is 5.94. The zero-order valence-electron chi connectivity index (χ0n) is 11.2. The zero-order valence-corrected chi connectivity index (χ0v) is 12.8. The lowest BCUT2D eigenvalue weighted by molar-refractivity contribution is 0.877. The van der Waals surface area contributed by atoms with Crippen LogP contribution >= 0.6 is 15.9 Å². The standard InChI is InChI=1S/C17H12BrN3/c18-9-13-6-7-17(15(8-13)10-19)21-12-16(11-20-21)14-4-2-1-3-5-14/h1-8,11-12H,9H2. The van der Waals surface area contributed by atoms with Gasteiger partial charge in [-0.25, -0.2) is 4.68 Å². The van der Waals surface area contributed by atoms with Gasteiger partial charge in [0.15, 0.2) is 0 Å². The van der Waals surface area contributed by atoms with Crippen molar-refractivity contribution in [2.75, 3.05) is 0 Å². The first-order chi connectivity index (χ1) is 10.3. The van der Waals surface area contributed by atoms with E-state index in [0.29, 0.717) is 5.56 Å². The van der Waals surface area contributed by atoms with Crippen molar-refractivity contribution in [2.24, 2.45) is 0 Å². The van der Waals surface area contributed by atoms with Gasteiger partial charge in [0, 0.05) is 17.1 Å². The van der Waals surface area contributed by atoms with Crippen LogP contribution in [0.4, 0.5) is 0 Å². The lowest BCUT2D eigenvalue weighted by Gasteiger charge is -2.05. The fraction of sp³-hybridized carbons (Fsp3) is 0.0588. The van der Waals surface area contributed by atoms with Crippen LogP contribution < -0.4 is 0 Å². The Bertz CT molecular complexity index is 800. The molecule has 0 amide bonds. The van der Waals surface area contributed by atoms with E-state index in [0.717, 1.165) is 27.7 Å². The van der Waals surface area contributed by atoms with Gasteiger partial charge in [-0.05, 0) is 23.3 Å². The zero-order chi connectivity index (χ0) is 14.7. The summed E-state index contributed by atoms with van der Waals surface area (Å²) in [6.45, 7) is 0. The van der Waals surface area contributed by atoms with Crippen molar-refractivity contribution < 1.29 is 0 Å². The minimum Gasteiger partial charge on any atom is -0.239 e. The summed E-state index contributed by atoms with van der Waals surface area (Å²) in [4.78, 5) is 0. The van der Waals surface area contributed by atoms with E-state index >= 15 is 0 Å². The van der Waals surface area contributed by atoms with Crippen molar-refractivity contribution in [3.63, 3.8) is 0 Å². The molecular formula is C17H12BrN3. The fourth-order valence-electron chi connectivity index (χ4n) is 2.19. The third kappa shape index (κ3) is 2.74. The molecule has 0 aliphatic rings. The number of hydrogen-bond donors (Lipinski definition) is 0. The molecule has 0 bridgehead atoms. The minimum absolute atomic E-state index is 0.620. The van der Waals surface area contributed by atoms with E-state index in [9.17, 15) is 5.26 Å². The number of aromatic nitrogens is 2. The van der Waals surface area contributed by atoms with Crippen molar-refractivity contribution in [2.45, 2.75) is 5.33 Å². The summed E-state index contributed by atoms with van der Waals surface area (Å²) in [6, 6.07) is 18.1. The maximum Gasteiger partial charge on any atom is 0.101 e. The van der Waals surface area contributed by atoms with E-state index in [1.165, 1.54) is 0 Å². The minimum atomic E-state index is 0.620. The van der Waals surface area contributed by atoms with Crippen molar-refractivity contribution in [3.8, 4) is 22.9 Å². The summed E-state index contributed by atoms with van der Waals surface area (Å²) < 4.78 is 1.75. The monoisotopic (exact) mass is 337 g/mol. The topological polar surface area (TPSA) is 41.6 Å². The van der Waals surface area contributed by atoms with E-state index in [4.69, 9.17) is 0 Å². The predicted molar refractivity (Wildman–Crippen MR) is 86.3 cm³/mol. The molecule has 0 aliphatic carbocycles. The van der Waals surface area contributed by atoms with E-state index in [2.05, 4.69) is 27.1 Å². The van der Waals surface area contributed by atoms with Crippen molar-refractivity contribution in [1.29, 1.82) is 5.26 Å². The summed E-state index contributed by atoms with van der Waals surface area (Å²) in [5.41, 5.74) is 4.63. The van der Waals surface area contributed by atoms with Gasteiger partial charge in [0.1, 0.15) is 6.07 Å². The van der Waals surface area contributed by atoms with Crippen LogP contribution in [0.25, 0.3) is 16.8 Å². The highest BCUT2D eigenvalue weighted by atomic mass is 79.9. The molecule has 0 aliphatic heterocycles. The number of halogens is 1. The average Bonchev–Trinajstić information content (AvgIpc) is 3.04. The summed E-state index contributed by atoms with van der Waals surface area (Å²) in [5.74, 6) is 0. The smallest absolute Gasteiger partial charge is 0.101 e. The first-order valence-electron chi connectivity index (χ1n) is 6.51. The van der Waals surface area contributed by atoms with Gasteiger partial charge >= 0.3 is 0 Å². The Morgan fingerprint density at radius 1 is 1.10 bits per heavy atom. The largest absolute Gasteiger partial charge is 0.239 e. The SMILES string of the molecule is N#Cc1cc(CBr)ccc1-n1cc(-c2ccccc2)cn1. The van der Waals surface area contributed by atoms with Crippen LogP contribution in [0.5, 0.6) is 0 Å². The summed E-state index contributed by atoms with van der Waals surface area (Å²) in [6.07, 6.45) is 3.76. The normalized spacial score (nSPS) is 10.3. The molecule has 0 spiro atoms. The highest BCUT2D eigenvalue weighted by Gasteiger charge is 2.08. The fourth-order valence-corrected chi connectivity index (χ4v) is 2.54. The van der Waals surface area contributed by atoms with Gasteiger partial charge < -0.3 is 0 Å². The van der Waals surface area contributed by atoms with Gasteiger partial charge in [-0.2, -0.15) is 10.4 Å². The number of alkyl halides is 1. The molecule has 0 radical (unpaired) electrons. The molecule has 21 heavy (non-hydrogen) atoms. The van der Waals surface area contributed by atoms with E-state index in [1.807, 2.05) is 60.9 Å². The molecule has 4 heteroatoms. The van der Waals surface area contributed by atoms with Gasteiger partial charge in [-0.1, -0.05) is 52.3 Å². The Labute approximate surface area is 131 Å². The van der Waals surface area contributed by atoms with Crippen molar-refractivity contribution in [1.82, 2.24) is 9.78 Å².